The minimum absolute atomic E-state index is 0.170. The summed E-state index contributed by atoms with van der Waals surface area (Å²) in [6, 6.07) is 13.8. The molecule has 0 aliphatic carbocycles. The average molecular weight is 453 g/mol. The van der Waals surface area contributed by atoms with E-state index in [1.165, 1.54) is 15.8 Å². The summed E-state index contributed by atoms with van der Waals surface area (Å²) < 4.78 is 12.9. The second-order valence-electron chi connectivity index (χ2n) is 8.60. The molecule has 0 bridgehead atoms. The number of ether oxygens (including phenoxy) is 2. The molecule has 0 atom stereocenters. The lowest BCUT2D eigenvalue weighted by Crippen LogP contribution is -2.33. The lowest BCUT2D eigenvalue weighted by Gasteiger charge is -2.24. The minimum atomic E-state index is -0.564. The molecule has 3 rings (SSSR count). The standard InChI is InChI=1S/C24H28N4O5/c1-24(2,3)33-23(31)26(4)14-17-6-10-19(11-7-17)27-16-25-28(22(27)30)15-21(29)18-8-12-20(32-5)13-9-18/h6-13,16H,14-15H2,1-5H3. The van der Waals surface area contributed by atoms with Crippen molar-refractivity contribution in [1.82, 2.24) is 19.2 Å². The van der Waals surface area contributed by atoms with Gasteiger partial charge in [0.1, 0.15) is 24.2 Å². The topological polar surface area (TPSA) is 95.7 Å². The van der Waals surface area contributed by atoms with Crippen LogP contribution in [-0.4, -0.2) is 50.9 Å². The molecular weight excluding hydrogens is 424 g/mol. The van der Waals surface area contributed by atoms with E-state index in [0.29, 0.717) is 23.5 Å². The number of aromatic nitrogens is 3. The average Bonchev–Trinajstić information content (AvgIpc) is 3.13. The predicted octanol–water partition coefficient (Wildman–Crippen LogP) is 3.29. The van der Waals surface area contributed by atoms with Crippen molar-refractivity contribution >= 4 is 11.9 Å². The Kier molecular flexibility index (Phi) is 7.01. The molecule has 174 valence electrons. The zero-order valence-corrected chi connectivity index (χ0v) is 19.4. The molecule has 0 radical (unpaired) electrons. The maximum Gasteiger partial charge on any atom is 0.410 e. The van der Waals surface area contributed by atoms with Gasteiger partial charge in [0.05, 0.1) is 12.8 Å². The van der Waals surface area contributed by atoms with Crippen molar-refractivity contribution in [3.8, 4) is 11.4 Å². The molecule has 3 aromatic rings. The van der Waals surface area contributed by atoms with Crippen LogP contribution in [0, 0.1) is 0 Å². The summed E-state index contributed by atoms with van der Waals surface area (Å²) in [5.41, 5.74) is 0.964. The predicted molar refractivity (Wildman–Crippen MR) is 123 cm³/mol. The first-order valence-corrected chi connectivity index (χ1v) is 10.4. The van der Waals surface area contributed by atoms with Crippen LogP contribution in [0.3, 0.4) is 0 Å². The zero-order chi connectivity index (χ0) is 24.2. The molecule has 9 nitrogen and oxygen atoms in total. The largest absolute Gasteiger partial charge is 0.497 e. The number of carbonyl (C=O) groups is 2. The van der Waals surface area contributed by atoms with Crippen LogP contribution in [0.25, 0.3) is 5.69 Å². The van der Waals surface area contributed by atoms with Gasteiger partial charge in [-0.05, 0) is 62.7 Å². The lowest BCUT2D eigenvalue weighted by atomic mass is 10.1. The molecule has 0 N–H and O–H groups in total. The van der Waals surface area contributed by atoms with Crippen LogP contribution in [0.5, 0.6) is 5.75 Å². The molecule has 33 heavy (non-hydrogen) atoms. The van der Waals surface area contributed by atoms with Gasteiger partial charge in [-0.3, -0.25) is 4.79 Å². The number of carbonyl (C=O) groups excluding carboxylic acids is 2. The van der Waals surface area contributed by atoms with Gasteiger partial charge in [0.15, 0.2) is 5.78 Å². The molecule has 0 fully saturated rings. The Morgan fingerprint density at radius 2 is 1.67 bits per heavy atom. The van der Waals surface area contributed by atoms with E-state index in [2.05, 4.69) is 5.10 Å². The van der Waals surface area contributed by atoms with Crippen molar-refractivity contribution in [1.29, 1.82) is 0 Å². The van der Waals surface area contributed by atoms with Crippen molar-refractivity contribution in [3.63, 3.8) is 0 Å². The number of methoxy groups -OCH3 is 1. The number of hydrogen-bond donors (Lipinski definition) is 0. The summed E-state index contributed by atoms with van der Waals surface area (Å²) >= 11 is 0. The molecule has 0 aliphatic rings. The quantitative estimate of drug-likeness (QED) is 0.511. The van der Waals surface area contributed by atoms with Gasteiger partial charge in [-0.25, -0.2) is 18.8 Å². The molecule has 0 aliphatic heterocycles. The Bertz CT molecular complexity index is 1170. The summed E-state index contributed by atoms with van der Waals surface area (Å²) in [6.07, 6.45) is 0.969. The second-order valence-corrected chi connectivity index (χ2v) is 8.60. The van der Waals surface area contributed by atoms with Gasteiger partial charge in [-0.1, -0.05) is 12.1 Å². The van der Waals surface area contributed by atoms with Crippen molar-refractivity contribution in [2.24, 2.45) is 0 Å². The third-order valence-corrected chi connectivity index (χ3v) is 4.78. The van der Waals surface area contributed by atoms with E-state index in [-0.39, 0.29) is 12.3 Å². The molecular formula is C24H28N4O5. The first-order chi connectivity index (χ1) is 15.6. The van der Waals surface area contributed by atoms with Crippen LogP contribution in [0.15, 0.2) is 59.7 Å². The molecule has 0 saturated carbocycles. The molecule has 9 heteroatoms. The monoisotopic (exact) mass is 452 g/mol. The number of nitrogens with zero attached hydrogens (tertiary/aromatic N) is 4. The smallest absolute Gasteiger partial charge is 0.410 e. The van der Waals surface area contributed by atoms with Crippen LogP contribution in [-0.2, 0) is 17.8 Å². The van der Waals surface area contributed by atoms with Crippen LogP contribution >= 0.6 is 0 Å². The van der Waals surface area contributed by atoms with Crippen LogP contribution in [0.2, 0.25) is 0 Å². The normalized spacial score (nSPS) is 11.2. The van der Waals surface area contributed by atoms with Gasteiger partial charge in [0, 0.05) is 19.2 Å². The number of ketones is 1. The maximum atomic E-state index is 12.7. The highest BCUT2D eigenvalue weighted by Crippen LogP contribution is 2.14. The Morgan fingerprint density at radius 1 is 1.03 bits per heavy atom. The van der Waals surface area contributed by atoms with Gasteiger partial charge in [-0.2, -0.15) is 5.10 Å². The van der Waals surface area contributed by atoms with Crippen molar-refractivity contribution in [3.05, 3.63) is 76.5 Å². The third-order valence-electron chi connectivity index (χ3n) is 4.78. The van der Waals surface area contributed by atoms with Gasteiger partial charge < -0.3 is 14.4 Å². The Morgan fingerprint density at radius 3 is 2.24 bits per heavy atom. The van der Waals surface area contributed by atoms with E-state index in [0.717, 1.165) is 10.2 Å². The third kappa shape index (κ3) is 6.09. The summed E-state index contributed by atoms with van der Waals surface area (Å²) in [7, 11) is 3.21. The van der Waals surface area contributed by atoms with Crippen LogP contribution in [0.1, 0.15) is 36.7 Å². The summed E-state index contributed by atoms with van der Waals surface area (Å²) in [5, 5.41) is 4.07. The number of hydrogen-bond acceptors (Lipinski definition) is 6. The highest BCUT2D eigenvalue weighted by Gasteiger charge is 2.19. The second kappa shape index (κ2) is 9.72. The summed E-state index contributed by atoms with van der Waals surface area (Å²) in [6.45, 7) is 5.64. The van der Waals surface area contributed by atoms with Crippen LogP contribution < -0.4 is 10.4 Å². The van der Waals surface area contributed by atoms with Crippen molar-refractivity contribution < 1.29 is 19.1 Å². The van der Waals surface area contributed by atoms with E-state index >= 15 is 0 Å². The lowest BCUT2D eigenvalue weighted by molar-refractivity contribution is 0.0285. The first kappa shape index (κ1) is 23.8. The molecule has 1 heterocycles. The zero-order valence-electron chi connectivity index (χ0n) is 19.4. The Labute approximate surface area is 192 Å². The van der Waals surface area contributed by atoms with Crippen molar-refractivity contribution in [2.45, 2.75) is 39.5 Å². The van der Waals surface area contributed by atoms with Gasteiger partial charge in [0.2, 0.25) is 0 Å². The summed E-state index contributed by atoms with van der Waals surface area (Å²) in [4.78, 5) is 38.9. The number of rotatable bonds is 7. The Balaban J connectivity index is 1.67. The van der Waals surface area contributed by atoms with Crippen LogP contribution in [0.4, 0.5) is 4.79 Å². The molecule has 1 aromatic heterocycles. The van der Waals surface area contributed by atoms with E-state index in [1.807, 2.05) is 32.9 Å². The fourth-order valence-corrected chi connectivity index (χ4v) is 3.07. The molecule has 1 amide bonds. The fourth-order valence-electron chi connectivity index (χ4n) is 3.07. The van der Waals surface area contributed by atoms with E-state index in [4.69, 9.17) is 9.47 Å². The number of amides is 1. The maximum absolute atomic E-state index is 12.7. The number of Topliss-reactive ketones (excluding diaryl/α,β-unsaturated/α-hetero) is 1. The summed E-state index contributed by atoms with van der Waals surface area (Å²) in [5.74, 6) is 0.416. The van der Waals surface area contributed by atoms with Gasteiger partial charge in [0.25, 0.3) is 0 Å². The highest BCUT2D eigenvalue weighted by molar-refractivity contribution is 5.95. The fraction of sp³-hybridized carbons (Fsp3) is 0.333. The minimum Gasteiger partial charge on any atom is -0.497 e. The molecule has 2 aromatic carbocycles. The van der Waals surface area contributed by atoms with Gasteiger partial charge in [-0.15, -0.1) is 0 Å². The SMILES string of the molecule is COc1ccc(C(=O)Cn2ncn(-c3ccc(CN(C)C(=O)OC(C)(C)C)cc3)c2=O)cc1. The van der Waals surface area contributed by atoms with E-state index in [9.17, 15) is 14.4 Å². The van der Waals surface area contributed by atoms with Gasteiger partial charge >= 0.3 is 11.8 Å². The van der Waals surface area contributed by atoms with E-state index < -0.39 is 17.4 Å². The molecule has 0 saturated heterocycles. The number of benzene rings is 2. The highest BCUT2D eigenvalue weighted by atomic mass is 16.6. The van der Waals surface area contributed by atoms with E-state index in [1.54, 1.807) is 50.6 Å². The first-order valence-electron chi connectivity index (χ1n) is 10.4. The van der Waals surface area contributed by atoms with Crippen molar-refractivity contribution in [2.75, 3.05) is 14.2 Å². The Hall–Kier alpha value is -3.88. The molecule has 0 spiro atoms. The molecule has 0 unspecified atom stereocenters.